The Hall–Kier alpha value is -3.18. The van der Waals surface area contributed by atoms with Crippen LogP contribution >= 0.6 is 23.2 Å². The maximum Gasteiger partial charge on any atom is 0.416 e. The van der Waals surface area contributed by atoms with Gasteiger partial charge in [-0.25, -0.2) is 0 Å². The lowest BCUT2D eigenvalue weighted by Gasteiger charge is -2.15. The summed E-state index contributed by atoms with van der Waals surface area (Å²) in [5.74, 6) is -1.54. The standard InChI is InChI=1S/C20H9Cl2F6NO4/c21-12-8-10(19(23,24)25)4-6-15(12)32-17-3-1-2-14(29(30)31)18(17)33-16-7-5-11(9-13(16)22)20(26,27)28/h1-9H. The molecular formula is C20H9Cl2F6NO4. The number of para-hydroxylation sites is 1. The van der Waals surface area contributed by atoms with Crippen molar-refractivity contribution in [3.05, 3.63) is 85.9 Å². The fraction of sp³-hybridized carbons (Fsp3) is 0.100. The molecule has 33 heavy (non-hydrogen) atoms. The van der Waals surface area contributed by atoms with E-state index in [1.807, 2.05) is 0 Å². The summed E-state index contributed by atoms with van der Waals surface area (Å²) in [6.07, 6.45) is -9.35. The summed E-state index contributed by atoms with van der Waals surface area (Å²) in [5.41, 5.74) is -2.77. The van der Waals surface area contributed by atoms with Gasteiger partial charge in [-0.05, 0) is 42.5 Å². The number of halogens is 8. The number of rotatable bonds is 5. The molecule has 0 unspecified atom stereocenters. The first kappa shape index (κ1) is 24.5. The van der Waals surface area contributed by atoms with Crippen molar-refractivity contribution in [1.29, 1.82) is 0 Å². The van der Waals surface area contributed by atoms with Gasteiger partial charge < -0.3 is 9.47 Å². The third-order valence-corrected chi connectivity index (χ3v) is 4.70. The Morgan fingerprint density at radius 1 is 0.727 bits per heavy atom. The summed E-state index contributed by atoms with van der Waals surface area (Å²) >= 11 is 11.7. The first-order chi connectivity index (χ1) is 15.3. The molecule has 13 heteroatoms. The number of benzene rings is 3. The molecule has 0 saturated heterocycles. The molecule has 3 rings (SSSR count). The number of hydrogen-bond acceptors (Lipinski definition) is 4. The molecule has 0 radical (unpaired) electrons. The van der Waals surface area contributed by atoms with E-state index in [9.17, 15) is 36.5 Å². The van der Waals surface area contributed by atoms with Crippen LogP contribution in [0, 0.1) is 10.1 Å². The monoisotopic (exact) mass is 511 g/mol. The molecule has 0 spiro atoms. The van der Waals surface area contributed by atoms with Crippen molar-refractivity contribution in [2.24, 2.45) is 0 Å². The molecule has 0 aromatic heterocycles. The molecule has 5 nitrogen and oxygen atoms in total. The fourth-order valence-corrected chi connectivity index (χ4v) is 3.02. The van der Waals surface area contributed by atoms with E-state index in [0.29, 0.717) is 24.3 Å². The van der Waals surface area contributed by atoms with Gasteiger partial charge in [-0.15, -0.1) is 0 Å². The maximum absolute atomic E-state index is 12.9. The molecular weight excluding hydrogens is 503 g/mol. The van der Waals surface area contributed by atoms with Crippen LogP contribution in [0.4, 0.5) is 32.0 Å². The SMILES string of the molecule is O=[N+]([O-])c1cccc(Oc2ccc(C(F)(F)F)cc2Cl)c1Oc1ccc(C(F)(F)F)cc1Cl. The van der Waals surface area contributed by atoms with E-state index in [-0.39, 0.29) is 17.2 Å². The van der Waals surface area contributed by atoms with E-state index in [0.717, 1.165) is 18.2 Å². The summed E-state index contributed by atoms with van der Waals surface area (Å²) in [4.78, 5) is 10.6. The van der Waals surface area contributed by atoms with Crippen LogP contribution in [0.3, 0.4) is 0 Å². The van der Waals surface area contributed by atoms with Crippen LogP contribution in [0.2, 0.25) is 10.0 Å². The minimum Gasteiger partial charge on any atom is -0.452 e. The smallest absolute Gasteiger partial charge is 0.416 e. The first-order valence-corrected chi connectivity index (χ1v) is 9.39. The Balaban J connectivity index is 2.02. The summed E-state index contributed by atoms with van der Waals surface area (Å²) < 4.78 is 87.9. The van der Waals surface area contributed by atoms with Crippen LogP contribution in [0.25, 0.3) is 0 Å². The molecule has 0 fully saturated rings. The van der Waals surface area contributed by atoms with Crippen molar-refractivity contribution >= 4 is 28.9 Å². The van der Waals surface area contributed by atoms with Gasteiger partial charge in [-0.2, -0.15) is 26.3 Å². The van der Waals surface area contributed by atoms with Crippen molar-refractivity contribution in [3.8, 4) is 23.0 Å². The molecule has 0 amide bonds. The highest BCUT2D eigenvalue weighted by atomic mass is 35.5. The van der Waals surface area contributed by atoms with Gasteiger partial charge in [0.2, 0.25) is 5.75 Å². The van der Waals surface area contributed by atoms with E-state index in [4.69, 9.17) is 32.7 Å². The molecule has 0 bridgehead atoms. The van der Waals surface area contributed by atoms with Gasteiger partial charge in [-0.3, -0.25) is 10.1 Å². The van der Waals surface area contributed by atoms with Gasteiger partial charge in [0.1, 0.15) is 11.5 Å². The number of hydrogen-bond donors (Lipinski definition) is 0. The average molecular weight is 512 g/mol. The van der Waals surface area contributed by atoms with Crippen molar-refractivity contribution < 1.29 is 40.7 Å². The third-order valence-electron chi connectivity index (χ3n) is 4.11. The Kier molecular flexibility index (Phi) is 6.66. The molecule has 174 valence electrons. The zero-order chi connectivity index (χ0) is 24.6. The number of nitro groups is 1. The Bertz CT molecular complexity index is 1210. The summed E-state index contributed by atoms with van der Waals surface area (Å²) in [5, 5.41) is 10.5. The second-order valence-corrected chi connectivity index (χ2v) is 7.17. The predicted molar refractivity (Wildman–Crippen MR) is 106 cm³/mol. The van der Waals surface area contributed by atoms with Gasteiger partial charge in [0.15, 0.2) is 5.75 Å². The Labute approximate surface area is 191 Å². The normalized spacial score (nSPS) is 11.9. The van der Waals surface area contributed by atoms with Crippen LogP contribution in [0.5, 0.6) is 23.0 Å². The zero-order valence-electron chi connectivity index (χ0n) is 15.8. The van der Waals surface area contributed by atoms with Crippen LogP contribution in [0.1, 0.15) is 11.1 Å². The van der Waals surface area contributed by atoms with Gasteiger partial charge in [0, 0.05) is 6.07 Å². The third kappa shape index (κ3) is 5.60. The quantitative estimate of drug-likeness (QED) is 0.195. The average Bonchev–Trinajstić information content (AvgIpc) is 2.70. The number of ether oxygens (including phenoxy) is 2. The summed E-state index contributed by atoms with van der Waals surface area (Å²) in [7, 11) is 0. The highest BCUT2D eigenvalue weighted by molar-refractivity contribution is 6.32. The van der Waals surface area contributed by atoms with E-state index in [1.165, 1.54) is 12.1 Å². The Morgan fingerprint density at radius 2 is 1.21 bits per heavy atom. The molecule has 3 aromatic carbocycles. The lowest BCUT2D eigenvalue weighted by Crippen LogP contribution is -2.05. The topological polar surface area (TPSA) is 61.6 Å². The highest BCUT2D eigenvalue weighted by Gasteiger charge is 2.32. The molecule has 0 N–H and O–H groups in total. The van der Waals surface area contributed by atoms with Crippen LogP contribution < -0.4 is 9.47 Å². The van der Waals surface area contributed by atoms with E-state index < -0.39 is 49.9 Å². The summed E-state index contributed by atoms with van der Waals surface area (Å²) in [6.45, 7) is 0. The van der Waals surface area contributed by atoms with Crippen molar-refractivity contribution in [2.75, 3.05) is 0 Å². The molecule has 0 heterocycles. The number of alkyl halides is 6. The number of nitro benzene ring substituents is 1. The van der Waals surface area contributed by atoms with Crippen LogP contribution in [-0.4, -0.2) is 4.92 Å². The van der Waals surface area contributed by atoms with Crippen molar-refractivity contribution in [2.45, 2.75) is 12.4 Å². The molecule has 0 aliphatic rings. The first-order valence-electron chi connectivity index (χ1n) is 8.64. The van der Waals surface area contributed by atoms with Crippen LogP contribution in [0.15, 0.2) is 54.6 Å². The zero-order valence-corrected chi connectivity index (χ0v) is 17.3. The second kappa shape index (κ2) is 8.99. The largest absolute Gasteiger partial charge is 0.452 e. The van der Waals surface area contributed by atoms with Crippen LogP contribution in [-0.2, 0) is 12.4 Å². The molecule has 0 aliphatic carbocycles. The number of nitrogens with zero attached hydrogens (tertiary/aromatic N) is 1. The van der Waals surface area contributed by atoms with E-state index in [2.05, 4.69) is 0 Å². The lowest BCUT2D eigenvalue weighted by molar-refractivity contribution is -0.385. The maximum atomic E-state index is 12.9. The molecule has 0 atom stereocenters. The highest BCUT2D eigenvalue weighted by Crippen LogP contribution is 2.45. The summed E-state index contributed by atoms with van der Waals surface area (Å²) in [6, 6.07) is 7.68. The van der Waals surface area contributed by atoms with E-state index >= 15 is 0 Å². The fourth-order valence-electron chi connectivity index (χ4n) is 2.58. The molecule has 0 aliphatic heterocycles. The Morgan fingerprint density at radius 3 is 1.64 bits per heavy atom. The minimum atomic E-state index is -4.69. The van der Waals surface area contributed by atoms with Gasteiger partial charge in [0.25, 0.3) is 0 Å². The second-order valence-electron chi connectivity index (χ2n) is 6.35. The van der Waals surface area contributed by atoms with Crippen molar-refractivity contribution in [3.63, 3.8) is 0 Å². The van der Waals surface area contributed by atoms with Gasteiger partial charge in [-0.1, -0.05) is 29.3 Å². The minimum absolute atomic E-state index is 0.284. The predicted octanol–water partition coefficient (Wildman–Crippen LogP) is 8.52. The van der Waals surface area contributed by atoms with Crippen molar-refractivity contribution in [1.82, 2.24) is 0 Å². The molecule has 3 aromatic rings. The van der Waals surface area contributed by atoms with E-state index in [1.54, 1.807) is 0 Å². The van der Waals surface area contributed by atoms with Gasteiger partial charge >= 0.3 is 18.0 Å². The lowest BCUT2D eigenvalue weighted by atomic mass is 10.2. The van der Waals surface area contributed by atoms with Gasteiger partial charge in [0.05, 0.1) is 26.1 Å². The molecule has 0 saturated carbocycles.